The Kier molecular flexibility index (Phi) is 4.96. The van der Waals surface area contributed by atoms with Gasteiger partial charge in [-0.25, -0.2) is 0 Å². The van der Waals surface area contributed by atoms with E-state index in [1.807, 2.05) is 48.7 Å². The molecule has 1 aromatic heterocycles. The number of hydrogen-bond acceptors (Lipinski definition) is 2. The van der Waals surface area contributed by atoms with Crippen molar-refractivity contribution in [3.63, 3.8) is 0 Å². The number of para-hydroxylation sites is 1. The number of rotatable bonds is 6. The van der Waals surface area contributed by atoms with Crippen LogP contribution in [0, 0.1) is 6.92 Å². The summed E-state index contributed by atoms with van der Waals surface area (Å²) in [5.41, 5.74) is 4.31. The van der Waals surface area contributed by atoms with Crippen LogP contribution in [0.2, 0.25) is 0 Å². The molecule has 0 saturated heterocycles. The van der Waals surface area contributed by atoms with Gasteiger partial charge in [0.15, 0.2) is 0 Å². The summed E-state index contributed by atoms with van der Waals surface area (Å²) >= 11 is 0. The molecule has 24 heavy (non-hydrogen) atoms. The maximum Gasteiger partial charge on any atom is 0.227 e. The second-order valence-electron chi connectivity index (χ2n) is 6.01. The van der Waals surface area contributed by atoms with E-state index in [4.69, 9.17) is 0 Å². The van der Waals surface area contributed by atoms with E-state index in [0.717, 1.165) is 22.0 Å². The Balaban J connectivity index is 1.78. The van der Waals surface area contributed by atoms with E-state index in [-0.39, 0.29) is 12.5 Å². The molecule has 3 aromatic rings. The van der Waals surface area contributed by atoms with Crippen molar-refractivity contribution in [1.82, 2.24) is 9.88 Å². The van der Waals surface area contributed by atoms with E-state index < -0.39 is 0 Å². The smallest absolute Gasteiger partial charge is 0.227 e. The molecule has 0 unspecified atom stereocenters. The maximum atomic E-state index is 12.7. The fraction of sp³-hybridized carbons (Fsp3) is 0.250. The minimum atomic E-state index is -0.0361. The second-order valence-corrected chi connectivity index (χ2v) is 6.01. The largest absolute Gasteiger partial charge is 0.395 e. The number of aromatic amines is 1. The zero-order valence-corrected chi connectivity index (χ0v) is 13.8. The average molecular weight is 322 g/mol. The van der Waals surface area contributed by atoms with Gasteiger partial charge in [0, 0.05) is 30.2 Å². The SMILES string of the molecule is Cc1cccc2c(CC(=O)N(CCO)Cc3ccccc3)c[nH]c12. The number of fused-ring (bicyclic) bond motifs is 1. The number of aliphatic hydroxyl groups is 1. The van der Waals surface area contributed by atoms with Gasteiger partial charge in [0.25, 0.3) is 0 Å². The Labute approximate surface area is 141 Å². The van der Waals surface area contributed by atoms with Crippen molar-refractivity contribution in [3.8, 4) is 0 Å². The highest BCUT2D eigenvalue weighted by molar-refractivity contribution is 5.90. The molecule has 0 fully saturated rings. The summed E-state index contributed by atoms with van der Waals surface area (Å²) in [6.07, 6.45) is 2.24. The van der Waals surface area contributed by atoms with Crippen LogP contribution in [0.4, 0.5) is 0 Å². The number of nitrogens with zero attached hydrogens (tertiary/aromatic N) is 1. The summed E-state index contributed by atoms with van der Waals surface area (Å²) in [7, 11) is 0. The van der Waals surface area contributed by atoms with E-state index in [9.17, 15) is 9.90 Å². The Morgan fingerprint density at radius 3 is 2.67 bits per heavy atom. The van der Waals surface area contributed by atoms with Gasteiger partial charge >= 0.3 is 0 Å². The molecule has 0 atom stereocenters. The lowest BCUT2D eigenvalue weighted by Crippen LogP contribution is -2.34. The van der Waals surface area contributed by atoms with E-state index in [1.165, 1.54) is 5.56 Å². The summed E-state index contributed by atoms with van der Waals surface area (Å²) < 4.78 is 0. The Hall–Kier alpha value is -2.59. The number of aliphatic hydroxyl groups excluding tert-OH is 1. The van der Waals surface area contributed by atoms with Crippen LogP contribution in [0.5, 0.6) is 0 Å². The molecule has 0 aliphatic carbocycles. The highest BCUT2D eigenvalue weighted by atomic mass is 16.3. The van der Waals surface area contributed by atoms with Gasteiger partial charge in [0.1, 0.15) is 0 Å². The average Bonchev–Trinajstić information content (AvgIpc) is 3.00. The van der Waals surface area contributed by atoms with Crippen LogP contribution in [0.25, 0.3) is 10.9 Å². The van der Waals surface area contributed by atoms with Crippen molar-refractivity contribution < 1.29 is 9.90 Å². The van der Waals surface area contributed by atoms with Crippen molar-refractivity contribution >= 4 is 16.8 Å². The Morgan fingerprint density at radius 2 is 1.92 bits per heavy atom. The van der Waals surface area contributed by atoms with Crippen molar-refractivity contribution in [2.75, 3.05) is 13.2 Å². The predicted molar refractivity (Wildman–Crippen MR) is 95.7 cm³/mol. The molecule has 0 spiro atoms. The third-order valence-corrected chi connectivity index (χ3v) is 4.29. The van der Waals surface area contributed by atoms with Gasteiger partial charge in [0.05, 0.1) is 13.0 Å². The third kappa shape index (κ3) is 3.49. The number of aromatic nitrogens is 1. The first-order valence-corrected chi connectivity index (χ1v) is 8.17. The fourth-order valence-electron chi connectivity index (χ4n) is 3.00. The lowest BCUT2D eigenvalue weighted by atomic mass is 10.1. The number of H-pyrrole nitrogens is 1. The second kappa shape index (κ2) is 7.32. The summed E-state index contributed by atoms with van der Waals surface area (Å²) in [4.78, 5) is 17.7. The topological polar surface area (TPSA) is 56.3 Å². The minimum Gasteiger partial charge on any atom is -0.395 e. The molecule has 0 radical (unpaired) electrons. The van der Waals surface area contributed by atoms with E-state index >= 15 is 0 Å². The van der Waals surface area contributed by atoms with E-state index in [1.54, 1.807) is 4.90 Å². The van der Waals surface area contributed by atoms with Gasteiger partial charge in [-0.2, -0.15) is 0 Å². The zero-order valence-electron chi connectivity index (χ0n) is 13.8. The summed E-state index contributed by atoms with van der Waals surface area (Å²) in [6, 6.07) is 16.0. The molecule has 0 saturated carbocycles. The Morgan fingerprint density at radius 1 is 1.12 bits per heavy atom. The third-order valence-electron chi connectivity index (χ3n) is 4.29. The molecule has 0 bridgehead atoms. The molecule has 1 heterocycles. The maximum absolute atomic E-state index is 12.7. The molecule has 1 amide bonds. The molecule has 0 aliphatic heterocycles. The number of benzene rings is 2. The lowest BCUT2D eigenvalue weighted by Gasteiger charge is -2.22. The van der Waals surface area contributed by atoms with Crippen LogP contribution in [0.3, 0.4) is 0 Å². The molecule has 4 heteroatoms. The van der Waals surface area contributed by atoms with Gasteiger partial charge in [-0.3, -0.25) is 4.79 Å². The van der Waals surface area contributed by atoms with Crippen molar-refractivity contribution in [2.24, 2.45) is 0 Å². The molecule has 124 valence electrons. The quantitative estimate of drug-likeness (QED) is 0.733. The highest BCUT2D eigenvalue weighted by Gasteiger charge is 2.16. The van der Waals surface area contributed by atoms with E-state index in [0.29, 0.717) is 19.5 Å². The van der Waals surface area contributed by atoms with Crippen LogP contribution in [-0.2, 0) is 17.8 Å². The normalized spacial score (nSPS) is 10.9. The van der Waals surface area contributed by atoms with Gasteiger partial charge < -0.3 is 15.0 Å². The van der Waals surface area contributed by atoms with Gasteiger partial charge in [-0.15, -0.1) is 0 Å². The number of aryl methyl sites for hydroxylation is 1. The van der Waals surface area contributed by atoms with Crippen molar-refractivity contribution in [2.45, 2.75) is 19.9 Å². The monoisotopic (exact) mass is 322 g/mol. The molecular formula is C20H22N2O2. The summed E-state index contributed by atoms with van der Waals surface area (Å²) in [5.74, 6) is 0.0234. The van der Waals surface area contributed by atoms with Gasteiger partial charge in [-0.1, -0.05) is 48.5 Å². The molecule has 4 nitrogen and oxygen atoms in total. The standard InChI is InChI=1S/C20H22N2O2/c1-15-6-5-9-18-17(13-21-20(15)18)12-19(24)22(10-11-23)14-16-7-3-2-4-8-16/h2-9,13,21,23H,10-12,14H2,1H3. The number of nitrogens with one attached hydrogen (secondary N) is 1. The van der Waals surface area contributed by atoms with Gasteiger partial charge in [-0.05, 0) is 23.6 Å². The van der Waals surface area contributed by atoms with Gasteiger partial charge in [0.2, 0.25) is 5.91 Å². The molecule has 2 aromatic carbocycles. The van der Waals surface area contributed by atoms with E-state index in [2.05, 4.69) is 18.0 Å². The van der Waals surface area contributed by atoms with Crippen molar-refractivity contribution in [3.05, 3.63) is 71.4 Å². The fourth-order valence-corrected chi connectivity index (χ4v) is 3.00. The highest BCUT2D eigenvalue weighted by Crippen LogP contribution is 2.22. The summed E-state index contributed by atoms with van der Waals surface area (Å²) in [5, 5.41) is 10.4. The van der Waals surface area contributed by atoms with Crippen LogP contribution >= 0.6 is 0 Å². The summed E-state index contributed by atoms with van der Waals surface area (Å²) in [6.45, 7) is 2.88. The molecule has 3 rings (SSSR count). The number of hydrogen-bond donors (Lipinski definition) is 2. The molecule has 2 N–H and O–H groups in total. The Bertz CT molecular complexity index is 824. The zero-order chi connectivity index (χ0) is 16.9. The number of carbonyl (C=O) groups is 1. The number of amides is 1. The molecule has 0 aliphatic rings. The first kappa shape index (κ1) is 16.3. The predicted octanol–water partition coefficient (Wildman–Crippen LogP) is 3.04. The van der Waals surface area contributed by atoms with Crippen LogP contribution in [0.1, 0.15) is 16.7 Å². The number of carbonyl (C=O) groups excluding carboxylic acids is 1. The van der Waals surface area contributed by atoms with Crippen LogP contribution in [-0.4, -0.2) is 34.0 Å². The first-order chi connectivity index (χ1) is 11.7. The minimum absolute atomic E-state index is 0.0234. The molecular weight excluding hydrogens is 300 g/mol. The van der Waals surface area contributed by atoms with Crippen LogP contribution < -0.4 is 0 Å². The lowest BCUT2D eigenvalue weighted by molar-refractivity contribution is -0.131. The van der Waals surface area contributed by atoms with Crippen LogP contribution in [0.15, 0.2) is 54.7 Å². The van der Waals surface area contributed by atoms with Crippen molar-refractivity contribution in [1.29, 1.82) is 0 Å². The first-order valence-electron chi connectivity index (χ1n) is 8.17.